The lowest BCUT2D eigenvalue weighted by atomic mass is 10.0. The highest BCUT2D eigenvalue weighted by atomic mass is 32.2. The van der Waals surface area contributed by atoms with Gasteiger partial charge in [-0.2, -0.15) is 0 Å². The van der Waals surface area contributed by atoms with Crippen LogP contribution < -0.4 is 4.72 Å². The van der Waals surface area contributed by atoms with Crippen molar-refractivity contribution in [3.05, 3.63) is 44.8 Å². The fourth-order valence-corrected chi connectivity index (χ4v) is 4.88. The summed E-state index contributed by atoms with van der Waals surface area (Å²) in [7, 11) is -4.14. The van der Waals surface area contributed by atoms with E-state index in [1.54, 1.807) is 27.7 Å². The smallest absolute Gasteiger partial charge is 0.269 e. The highest BCUT2D eigenvalue weighted by Gasteiger charge is 2.52. The minimum Gasteiger partial charge on any atom is -0.348 e. The second-order valence-electron chi connectivity index (χ2n) is 8.32. The average Bonchev–Trinajstić information content (AvgIpc) is 3.23. The summed E-state index contributed by atoms with van der Waals surface area (Å²) in [4.78, 5) is 12.7. The first-order valence-corrected chi connectivity index (χ1v) is 11.3. The van der Waals surface area contributed by atoms with Crippen LogP contribution in [0.2, 0.25) is 0 Å². The molecule has 176 valence electrons. The molecule has 0 amide bonds. The molecule has 0 radical (unpaired) electrons. The van der Waals surface area contributed by atoms with E-state index in [2.05, 4.69) is 14.7 Å². The molecule has 0 unspecified atom stereocenters. The van der Waals surface area contributed by atoms with Crippen molar-refractivity contribution in [1.82, 2.24) is 4.72 Å². The third-order valence-electron chi connectivity index (χ3n) is 4.96. The number of sulfonamides is 1. The third-order valence-corrected chi connectivity index (χ3v) is 6.47. The lowest BCUT2D eigenvalue weighted by molar-refractivity contribution is -0.384. The number of hydrogen-bond acceptors (Lipinski definition) is 9. The zero-order chi connectivity index (χ0) is 23.7. The molecule has 1 N–H and O–H groups in total. The molecule has 32 heavy (non-hydrogen) atoms. The number of rotatable bonds is 8. The van der Waals surface area contributed by atoms with E-state index < -0.39 is 50.9 Å². The molecule has 0 spiro atoms. The molecule has 2 aliphatic rings. The Labute approximate surface area is 184 Å². The van der Waals surface area contributed by atoms with E-state index in [0.717, 1.165) is 24.3 Å². The monoisotopic (exact) mass is 471 g/mol. The zero-order valence-electron chi connectivity index (χ0n) is 18.0. The van der Waals surface area contributed by atoms with Crippen molar-refractivity contribution in [2.45, 2.75) is 68.5 Å². The predicted molar refractivity (Wildman–Crippen MR) is 110 cm³/mol. The van der Waals surface area contributed by atoms with Gasteiger partial charge >= 0.3 is 0 Å². The number of benzene rings is 1. The van der Waals surface area contributed by atoms with Gasteiger partial charge in [-0.25, -0.2) is 13.1 Å². The van der Waals surface area contributed by atoms with Crippen LogP contribution in [0.4, 0.5) is 5.69 Å². The van der Waals surface area contributed by atoms with Crippen molar-refractivity contribution in [1.29, 1.82) is 0 Å². The van der Waals surface area contributed by atoms with Gasteiger partial charge in [-0.3, -0.25) is 10.1 Å². The number of nitro benzene ring substituents is 1. The van der Waals surface area contributed by atoms with Gasteiger partial charge in [0.15, 0.2) is 11.6 Å². The fraction of sp³-hybridized carbons (Fsp3) is 0.667. The Bertz CT molecular complexity index is 1010. The Kier molecular flexibility index (Phi) is 6.77. The Morgan fingerprint density at radius 3 is 2.41 bits per heavy atom. The van der Waals surface area contributed by atoms with Crippen molar-refractivity contribution in [3.8, 4) is 0 Å². The molecule has 3 rings (SSSR count). The molecule has 2 heterocycles. The summed E-state index contributed by atoms with van der Waals surface area (Å²) in [5.41, 5.74) is 8.56. The van der Waals surface area contributed by atoms with Gasteiger partial charge in [0.05, 0.1) is 22.5 Å². The number of nitro groups is 1. The third kappa shape index (κ3) is 5.53. The van der Waals surface area contributed by atoms with Gasteiger partial charge in [0.25, 0.3) is 5.69 Å². The first-order valence-electron chi connectivity index (χ1n) is 9.79. The van der Waals surface area contributed by atoms with Crippen LogP contribution in [0.3, 0.4) is 0 Å². The summed E-state index contributed by atoms with van der Waals surface area (Å²) in [5, 5.41) is 14.4. The van der Waals surface area contributed by atoms with Gasteiger partial charge in [-0.15, -0.1) is 0 Å². The summed E-state index contributed by atoms with van der Waals surface area (Å²) >= 11 is 0. The number of ether oxygens (including phenoxy) is 4. The van der Waals surface area contributed by atoms with Crippen molar-refractivity contribution in [2.24, 2.45) is 5.11 Å². The van der Waals surface area contributed by atoms with Gasteiger partial charge < -0.3 is 18.9 Å². The molecule has 14 heteroatoms. The molecule has 0 aliphatic carbocycles. The molecular formula is C18H25N5O8S. The Morgan fingerprint density at radius 2 is 1.88 bits per heavy atom. The van der Waals surface area contributed by atoms with Crippen molar-refractivity contribution in [2.75, 3.05) is 13.2 Å². The average molecular weight is 471 g/mol. The summed E-state index contributed by atoms with van der Waals surface area (Å²) in [6.07, 6.45) is -2.13. The van der Waals surface area contributed by atoms with Crippen LogP contribution in [0.5, 0.6) is 0 Å². The van der Waals surface area contributed by atoms with Gasteiger partial charge in [0, 0.05) is 23.6 Å². The Balaban J connectivity index is 1.88. The van der Waals surface area contributed by atoms with Crippen LogP contribution in [0.15, 0.2) is 34.3 Å². The fourth-order valence-electron chi connectivity index (χ4n) is 3.64. The van der Waals surface area contributed by atoms with Gasteiger partial charge in [0.1, 0.15) is 18.3 Å². The van der Waals surface area contributed by atoms with E-state index in [9.17, 15) is 18.5 Å². The minimum atomic E-state index is -4.14. The summed E-state index contributed by atoms with van der Waals surface area (Å²) in [6, 6.07) is 3.41. The molecule has 0 aromatic heterocycles. The lowest BCUT2D eigenvalue weighted by Crippen LogP contribution is -2.52. The number of nitrogens with one attached hydrogen (secondary N) is 1. The van der Waals surface area contributed by atoms with Crippen molar-refractivity contribution < 1.29 is 32.3 Å². The quantitative estimate of drug-likeness (QED) is 0.197. The molecule has 13 nitrogen and oxygen atoms in total. The van der Waals surface area contributed by atoms with E-state index in [0.29, 0.717) is 0 Å². The van der Waals surface area contributed by atoms with Gasteiger partial charge in [-0.05, 0) is 45.4 Å². The molecule has 2 saturated heterocycles. The largest absolute Gasteiger partial charge is 0.348 e. The number of non-ortho nitro benzene ring substituents is 1. The summed E-state index contributed by atoms with van der Waals surface area (Å²) in [6.45, 7) is 6.79. The number of azide groups is 1. The van der Waals surface area contributed by atoms with Gasteiger partial charge in [0.2, 0.25) is 10.0 Å². The highest BCUT2D eigenvalue weighted by Crippen LogP contribution is 2.37. The standard InChI is InChI=1S/C18H25N5O8S/c1-17(2)28-10-14(29-17)16-15(30-18(3,4)31-16)13(9-20-22-19)21-32(26,27)12-7-5-11(6-8-12)23(24)25/h5-8,13-16,21H,9-10H2,1-4H3/t13-,14-,15-,16-/m1/s1. The SMILES string of the molecule is CC1(C)O[C@H]([C@@H](CN=[N+]=[N-])NS(=O)(=O)c2ccc([N+](=O)[O-])cc2)[C@@H]([C@H]2COC(C)(C)O2)O1. The van der Waals surface area contributed by atoms with Crippen LogP contribution in [0.1, 0.15) is 27.7 Å². The first kappa shape index (κ1) is 24.3. The molecule has 0 bridgehead atoms. The summed E-state index contributed by atoms with van der Waals surface area (Å²) < 4.78 is 51.9. The zero-order valence-corrected chi connectivity index (χ0v) is 18.8. The van der Waals surface area contributed by atoms with Gasteiger partial charge in [-0.1, -0.05) is 5.11 Å². The highest BCUT2D eigenvalue weighted by molar-refractivity contribution is 7.89. The lowest BCUT2D eigenvalue weighted by Gasteiger charge is -2.29. The normalized spacial score (nSPS) is 27.6. The molecule has 4 atom stereocenters. The molecule has 1 aromatic rings. The van der Waals surface area contributed by atoms with E-state index >= 15 is 0 Å². The molecule has 2 fully saturated rings. The van der Waals surface area contributed by atoms with E-state index in [1.165, 1.54) is 0 Å². The van der Waals surface area contributed by atoms with Crippen LogP contribution in [-0.4, -0.2) is 62.4 Å². The molecular weight excluding hydrogens is 446 g/mol. The maximum absolute atomic E-state index is 13.0. The molecule has 1 aromatic carbocycles. The second-order valence-corrected chi connectivity index (χ2v) is 10.0. The van der Waals surface area contributed by atoms with E-state index in [4.69, 9.17) is 24.5 Å². The maximum Gasteiger partial charge on any atom is 0.269 e. The maximum atomic E-state index is 13.0. The molecule has 2 aliphatic heterocycles. The van der Waals surface area contributed by atoms with Crippen molar-refractivity contribution >= 4 is 15.7 Å². The van der Waals surface area contributed by atoms with Crippen molar-refractivity contribution in [3.63, 3.8) is 0 Å². The topological polar surface area (TPSA) is 175 Å². The van der Waals surface area contributed by atoms with E-state index in [-0.39, 0.29) is 23.7 Å². The predicted octanol–water partition coefficient (Wildman–Crippen LogP) is 2.22. The number of nitrogens with zero attached hydrogens (tertiary/aromatic N) is 4. The first-order chi connectivity index (χ1) is 14.8. The van der Waals surface area contributed by atoms with Crippen LogP contribution in [0, 0.1) is 10.1 Å². The minimum absolute atomic E-state index is 0.189. The Hall–Kier alpha value is -2.32. The van der Waals surface area contributed by atoms with Crippen LogP contribution >= 0.6 is 0 Å². The number of hydrogen-bond donors (Lipinski definition) is 1. The summed E-state index contributed by atoms with van der Waals surface area (Å²) in [5.74, 6) is -1.90. The van der Waals surface area contributed by atoms with Crippen LogP contribution in [0.25, 0.3) is 10.4 Å². The molecule has 0 saturated carbocycles. The van der Waals surface area contributed by atoms with Crippen LogP contribution in [-0.2, 0) is 29.0 Å². The second kappa shape index (κ2) is 8.90. The Morgan fingerprint density at radius 1 is 1.22 bits per heavy atom. The van der Waals surface area contributed by atoms with E-state index in [1.807, 2.05) is 0 Å².